The molecule has 0 spiro atoms. The highest BCUT2D eigenvalue weighted by Crippen LogP contribution is 2.25. The van der Waals surface area contributed by atoms with Gasteiger partial charge in [-0.3, -0.25) is 0 Å². The van der Waals surface area contributed by atoms with Crippen LogP contribution in [-0.4, -0.2) is 28.7 Å². The van der Waals surface area contributed by atoms with Gasteiger partial charge in [0.2, 0.25) is 11.4 Å². The minimum Gasteiger partial charge on any atom is -0.376 e. The summed E-state index contributed by atoms with van der Waals surface area (Å²) in [6.07, 6.45) is 8.33. The van der Waals surface area contributed by atoms with Gasteiger partial charge in [0.05, 0.1) is 12.6 Å². The van der Waals surface area contributed by atoms with E-state index in [0.717, 1.165) is 30.8 Å². The Morgan fingerprint density at radius 1 is 1.59 bits per heavy atom. The molecule has 1 atom stereocenters. The number of ether oxygens (including phenoxy) is 1. The normalized spacial score (nSPS) is 20.4. The predicted octanol–water partition coefficient (Wildman–Crippen LogP) is 3.13. The number of thiazole rings is 1. The third-order valence-corrected chi connectivity index (χ3v) is 5.40. The van der Waals surface area contributed by atoms with Crippen LogP contribution in [-0.2, 0) is 16.7 Å². The number of nitrogens with zero attached hydrogens (tertiary/aromatic N) is 4. The van der Waals surface area contributed by atoms with E-state index in [4.69, 9.17) is 10.00 Å². The number of hydrogen-bond acceptors (Lipinski definition) is 5. The van der Waals surface area contributed by atoms with Gasteiger partial charge in [0.25, 0.3) is 0 Å². The molecule has 0 aliphatic carbocycles. The van der Waals surface area contributed by atoms with Crippen LogP contribution in [0.1, 0.15) is 38.5 Å². The topological polar surface area (TPSA) is 62.7 Å². The number of rotatable bonds is 2. The van der Waals surface area contributed by atoms with E-state index in [1.165, 1.54) is 16.6 Å². The molecule has 2 rings (SSSR count). The van der Waals surface area contributed by atoms with Crippen LogP contribution in [0, 0.1) is 11.5 Å². The Morgan fingerprint density at radius 3 is 2.91 bits per heavy atom. The highest BCUT2D eigenvalue weighted by Gasteiger charge is 2.21. The molecule has 1 aliphatic heterocycles. The van der Waals surface area contributed by atoms with Gasteiger partial charge < -0.3 is 9.30 Å². The molecule has 1 aromatic heterocycles. The van der Waals surface area contributed by atoms with Gasteiger partial charge in [-0.25, -0.2) is 0 Å². The summed E-state index contributed by atoms with van der Waals surface area (Å²) >= 11 is 3.04. The first-order chi connectivity index (χ1) is 10.4. The second-order valence-corrected chi connectivity index (χ2v) is 8.01. The van der Waals surface area contributed by atoms with E-state index in [9.17, 15) is 0 Å². The van der Waals surface area contributed by atoms with Crippen molar-refractivity contribution >= 4 is 28.3 Å². The van der Waals surface area contributed by atoms with E-state index in [1.54, 1.807) is 11.3 Å². The third-order valence-electron chi connectivity index (χ3n) is 3.40. The Kier molecular flexibility index (Phi) is 5.84. The van der Waals surface area contributed by atoms with E-state index < -0.39 is 0 Å². The molecule has 5 nitrogen and oxygen atoms in total. The van der Waals surface area contributed by atoms with Crippen molar-refractivity contribution in [1.82, 2.24) is 4.57 Å². The maximum Gasteiger partial charge on any atom is 0.208 e. The predicted molar refractivity (Wildman–Crippen MR) is 92.1 cm³/mol. The molecule has 1 fully saturated rings. The summed E-state index contributed by atoms with van der Waals surface area (Å²) < 4.78 is 7.88. The molecule has 0 radical (unpaired) electrons. The SMILES string of the molecule is CSC(=NC#N)N=c1sc(C(C)(C)C)cn1C[C@H]1CCCO1. The molecule has 22 heavy (non-hydrogen) atoms. The minimum absolute atomic E-state index is 0.0720. The fourth-order valence-corrected chi connectivity index (χ4v) is 3.62. The Labute approximate surface area is 139 Å². The van der Waals surface area contributed by atoms with Gasteiger partial charge in [0, 0.05) is 17.7 Å². The van der Waals surface area contributed by atoms with Crippen LogP contribution < -0.4 is 4.80 Å². The Bertz CT molecular complexity index is 640. The summed E-state index contributed by atoms with van der Waals surface area (Å²) in [5.41, 5.74) is 0.0720. The molecule has 0 saturated carbocycles. The fraction of sp³-hybridized carbons (Fsp3) is 0.667. The highest BCUT2D eigenvalue weighted by atomic mass is 32.2. The van der Waals surface area contributed by atoms with Crippen molar-refractivity contribution in [2.24, 2.45) is 9.98 Å². The molecule has 120 valence electrons. The Balaban J connectivity index is 2.41. The van der Waals surface area contributed by atoms with E-state index in [1.807, 2.05) is 12.4 Å². The number of nitriles is 1. The molecule has 2 heterocycles. The lowest BCUT2D eigenvalue weighted by Gasteiger charge is -2.15. The summed E-state index contributed by atoms with van der Waals surface area (Å²) in [4.78, 5) is 10.5. The van der Waals surface area contributed by atoms with Crippen LogP contribution in [0.4, 0.5) is 0 Å². The van der Waals surface area contributed by atoms with Crippen LogP contribution in [0.2, 0.25) is 0 Å². The fourth-order valence-electron chi connectivity index (χ4n) is 2.19. The monoisotopic (exact) mass is 338 g/mol. The van der Waals surface area contributed by atoms with Gasteiger partial charge in [-0.05, 0) is 24.5 Å². The molecular formula is C15H22N4OS2. The lowest BCUT2D eigenvalue weighted by Crippen LogP contribution is -2.23. The Hall–Kier alpha value is -1.10. The van der Waals surface area contributed by atoms with Crippen LogP contribution >= 0.6 is 23.1 Å². The van der Waals surface area contributed by atoms with Crippen molar-refractivity contribution in [2.45, 2.75) is 51.7 Å². The molecule has 0 aromatic carbocycles. The first-order valence-electron chi connectivity index (χ1n) is 7.32. The van der Waals surface area contributed by atoms with Crippen molar-refractivity contribution in [3.8, 4) is 6.19 Å². The average Bonchev–Trinajstić information content (AvgIpc) is 3.08. The second-order valence-electron chi connectivity index (χ2n) is 6.23. The summed E-state index contributed by atoms with van der Waals surface area (Å²) in [5, 5.41) is 9.24. The summed E-state index contributed by atoms with van der Waals surface area (Å²) in [5.74, 6) is 0. The van der Waals surface area contributed by atoms with Crippen molar-refractivity contribution < 1.29 is 4.74 Å². The quantitative estimate of drug-likeness (QED) is 0.473. The Morgan fingerprint density at radius 2 is 2.36 bits per heavy atom. The first kappa shape index (κ1) is 17.3. The van der Waals surface area contributed by atoms with Crippen molar-refractivity contribution in [3.05, 3.63) is 15.9 Å². The maximum atomic E-state index is 8.75. The summed E-state index contributed by atoms with van der Waals surface area (Å²) in [6.45, 7) is 8.23. The van der Waals surface area contributed by atoms with E-state index in [2.05, 4.69) is 41.5 Å². The molecule has 1 aromatic rings. The summed E-state index contributed by atoms with van der Waals surface area (Å²) in [6, 6.07) is 0. The lowest BCUT2D eigenvalue weighted by molar-refractivity contribution is 0.0963. The second kappa shape index (κ2) is 7.44. The lowest BCUT2D eigenvalue weighted by atomic mass is 9.95. The van der Waals surface area contributed by atoms with Crippen LogP contribution in [0.25, 0.3) is 0 Å². The van der Waals surface area contributed by atoms with Crippen LogP contribution in [0.15, 0.2) is 16.2 Å². The molecule has 0 N–H and O–H groups in total. The van der Waals surface area contributed by atoms with Gasteiger partial charge >= 0.3 is 0 Å². The number of aliphatic imine (C=N–C) groups is 1. The van der Waals surface area contributed by atoms with Gasteiger partial charge in [0.15, 0.2) is 4.80 Å². The zero-order valence-corrected chi connectivity index (χ0v) is 15.1. The van der Waals surface area contributed by atoms with Crippen LogP contribution in [0.3, 0.4) is 0 Å². The number of amidine groups is 1. The van der Waals surface area contributed by atoms with Gasteiger partial charge in [-0.1, -0.05) is 32.5 Å². The smallest absolute Gasteiger partial charge is 0.208 e. The van der Waals surface area contributed by atoms with Gasteiger partial charge in [0.1, 0.15) is 0 Å². The summed E-state index contributed by atoms with van der Waals surface area (Å²) in [7, 11) is 0. The van der Waals surface area contributed by atoms with Crippen molar-refractivity contribution in [1.29, 1.82) is 5.26 Å². The maximum absolute atomic E-state index is 8.75. The zero-order chi connectivity index (χ0) is 16.2. The average molecular weight is 339 g/mol. The van der Waals surface area contributed by atoms with Gasteiger partial charge in [-0.2, -0.15) is 10.3 Å². The van der Waals surface area contributed by atoms with E-state index >= 15 is 0 Å². The molecule has 0 amide bonds. The highest BCUT2D eigenvalue weighted by molar-refractivity contribution is 8.13. The molecule has 1 aliphatic rings. The van der Waals surface area contributed by atoms with Crippen LogP contribution in [0.5, 0.6) is 0 Å². The number of thioether (sulfide) groups is 1. The van der Waals surface area contributed by atoms with Crippen molar-refractivity contribution in [3.63, 3.8) is 0 Å². The minimum atomic E-state index is 0.0720. The molecule has 7 heteroatoms. The standard InChI is InChI=1S/C15H22N4OS2/c1-15(2,3)12-9-19(8-11-6-5-7-20-11)14(22-12)18-13(21-4)17-10-16/h9,11H,5-8H2,1-4H3/t11-/m1/s1. The van der Waals surface area contributed by atoms with E-state index in [0.29, 0.717) is 5.17 Å². The number of aromatic nitrogens is 1. The molecule has 1 saturated heterocycles. The zero-order valence-electron chi connectivity index (χ0n) is 13.5. The molecular weight excluding hydrogens is 316 g/mol. The van der Waals surface area contributed by atoms with Crippen molar-refractivity contribution in [2.75, 3.05) is 12.9 Å². The van der Waals surface area contributed by atoms with E-state index in [-0.39, 0.29) is 11.5 Å². The molecule has 0 bridgehead atoms. The first-order valence-corrected chi connectivity index (χ1v) is 9.36. The van der Waals surface area contributed by atoms with Gasteiger partial charge in [-0.15, -0.1) is 16.3 Å². The third kappa shape index (κ3) is 4.45. The largest absolute Gasteiger partial charge is 0.376 e. The molecule has 0 unspecified atom stereocenters. The number of hydrogen-bond donors (Lipinski definition) is 0.